The molecule has 4 aliphatic carbocycles. The van der Waals surface area contributed by atoms with Crippen LogP contribution in [0, 0.1) is 39.7 Å². The van der Waals surface area contributed by atoms with E-state index < -0.39 is 17.4 Å². The minimum absolute atomic E-state index is 0.0430. The molecule has 1 amide bonds. The molecule has 4 aliphatic rings. The van der Waals surface area contributed by atoms with Gasteiger partial charge in [-0.15, -0.1) is 0 Å². The summed E-state index contributed by atoms with van der Waals surface area (Å²) in [7, 11) is 1.40. The SMILES string of the molecule is COc1ccc(NC(=O)COC(=O)C2C3CC4CC(C3)CC2C4)c([N+](=O)[O-])c1. The van der Waals surface area contributed by atoms with Crippen molar-refractivity contribution in [1.29, 1.82) is 0 Å². The number of ether oxygens (including phenoxy) is 2. The molecule has 8 heteroatoms. The predicted molar refractivity (Wildman–Crippen MR) is 99.8 cm³/mol. The maximum absolute atomic E-state index is 12.6. The van der Waals surface area contributed by atoms with Crippen molar-refractivity contribution in [2.24, 2.45) is 29.6 Å². The Morgan fingerprint density at radius 2 is 1.79 bits per heavy atom. The van der Waals surface area contributed by atoms with Crippen molar-refractivity contribution in [1.82, 2.24) is 0 Å². The Morgan fingerprint density at radius 1 is 1.14 bits per heavy atom. The number of nitrogens with one attached hydrogen (secondary N) is 1. The van der Waals surface area contributed by atoms with E-state index in [1.165, 1.54) is 31.7 Å². The van der Waals surface area contributed by atoms with Crippen LogP contribution in [-0.4, -0.2) is 30.5 Å². The quantitative estimate of drug-likeness (QED) is 0.456. The molecule has 0 aliphatic heterocycles. The maximum atomic E-state index is 12.6. The van der Waals surface area contributed by atoms with Gasteiger partial charge in [-0.3, -0.25) is 19.7 Å². The molecule has 5 rings (SSSR count). The molecule has 4 saturated carbocycles. The largest absolute Gasteiger partial charge is 0.496 e. The Labute approximate surface area is 162 Å². The Morgan fingerprint density at radius 3 is 2.36 bits per heavy atom. The second-order valence-electron chi connectivity index (χ2n) is 8.25. The Kier molecular flexibility index (Phi) is 4.95. The third-order valence-corrected chi connectivity index (χ3v) is 6.52. The summed E-state index contributed by atoms with van der Waals surface area (Å²) in [5, 5.41) is 13.7. The molecule has 0 spiro atoms. The first-order chi connectivity index (χ1) is 13.4. The molecule has 1 aromatic carbocycles. The van der Waals surface area contributed by atoms with Crippen LogP contribution in [-0.2, 0) is 14.3 Å². The fourth-order valence-corrected chi connectivity index (χ4v) is 5.62. The van der Waals surface area contributed by atoms with Gasteiger partial charge in [0.05, 0.1) is 24.0 Å². The molecule has 28 heavy (non-hydrogen) atoms. The lowest BCUT2D eigenvalue weighted by atomic mass is 9.52. The molecule has 0 aromatic heterocycles. The van der Waals surface area contributed by atoms with Gasteiger partial charge in [0.15, 0.2) is 6.61 Å². The van der Waals surface area contributed by atoms with Crippen LogP contribution in [0.3, 0.4) is 0 Å². The van der Waals surface area contributed by atoms with Crippen LogP contribution in [0.4, 0.5) is 11.4 Å². The van der Waals surface area contributed by atoms with Gasteiger partial charge in [0.1, 0.15) is 11.4 Å². The van der Waals surface area contributed by atoms with E-state index in [-0.39, 0.29) is 23.3 Å². The van der Waals surface area contributed by atoms with Gasteiger partial charge in [-0.1, -0.05) is 0 Å². The fourth-order valence-electron chi connectivity index (χ4n) is 5.62. The number of rotatable bonds is 6. The number of benzene rings is 1. The van der Waals surface area contributed by atoms with Gasteiger partial charge in [-0.2, -0.15) is 0 Å². The number of carbonyl (C=O) groups excluding carboxylic acids is 2. The van der Waals surface area contributed by atoms with Crippen LogP contribution in [0.25, 0.3) is 0 Å². The first-order valence-corrected chi connectivity index (χ1v) is 9.73. The van der Waals surface area contributed by atoms with Crippen molar-refractivity contribution in [3.63, 3.8) is 0 Å². The van der Waals surface area contributed by atoms with E-state index in [1.54, 1.807) is 0 Å². The lowest BCUT2D eigenvalue weighted by Gasteiger charge is -2.53. The molecule has 4 fully saturated rings. The van der Waals surface area contributed by atoms with Gasteiger partial charge in [0, 0.05) is 0 Å². The van der Waals surface area contributed by atoms with Crippen LogP contribution in [0.2, 0.25) is 0 Å². The average Bonchev–Trinajstić information content (AvgIpc) is 2.65. The standard InChI is InChI=1S/C20H24N2O6/c1-27-15-2-3-16(17(9-15)22(25)26)21-18(23)10-28-20(24)19-13-5-11-4-12(7-13)8-14(19)6-11/h2-3,9,11-14,19H,4-8,10H2,1H3,(H,21,23). The smallest absolute Gasteiger partial charge is 0.310 e. The number of carbonyl (C=O) groups is 2. The van der Waals surface area contributed by atoms with Crippen LogP contribution >= 0.6 is 0 Å². The van der Waals surface area contributed by atoms with Crippen molar-refractivity contribution in [2.75, 3.05) is 19.0 Å². The number of methoxy groups -OCH3 is 1. The zero-order valence-corrected chi connectivity index (χ0v) is 15.8. The Hall–Kier alpha value is -2.64. The lowest BCUT2D eigenvalue weighted by molar-refractivity contribution is -0.384. The molecule has 8 nitrogen and oxygen atoms in total. The summed E-state index contributed by atoms with van der Waals surface area (Å²) in [6.45, 7) is -0.440. The molecular formula is C20H24N2O6. The number of hydrogen-bond donors (Lipinski definition) is 1. The van der Waals surface area contributed by atoms with E-state index in [9.17, 15) is 19.7 Å². The van der Waals surface area contributed by atoms with E-state index in [1.807, 2.05) is 0 Å². The molecule has 0 saturated heterocycles. The second-order valence-corrected chi connectivity index (χ2v) is 8.25. The molecule has 4 bridgehead atoms. The highest BCUT2D eigenvalue weighted by Gasteiger charge is 2.51. The number of anilines is 1. The van der Waals surface area contributed by atoms with Crippen molar-refractivity contribution in [3.05, 3.63) is 28.3 Å². The van der Waals surface area contributed by atoms with Crippen molar-refractivity contribution < 1.29 is 24.0 Å². The molecule has 0 radical (unpaired) electrons. The molecule has 0 unspecified atom stereocenters. The summed E-state index contributed by atoms with van der Waals surface area (Å²) in [5.41, 5.74) is -0.235. The van der Waals surface area contributed by atoms with E-state index in [4.69, 9.17) is 9.47 Å². The summed E-state index contributed by atoms with van der Waals surface area (Å²) >= 11 is 0. The number of amides is 1. The zero-order chi connectivity index (χ0) is 19.8. The predicted octanol–water partition coefficient (Wildman–Crippen LogP) is 3.16. The van der Waals surface area contributed by atoms with Gasteiger partial charge in [-0.05, 0) is 67.9 Å². The lowest BCUT2D eigenvalue weighted by Crippen LogP contribution is -2.48. The fraction of sp³-hybridized carbons (Fsp3) is 0.600. The van der Waals surface area contributed by atoms with E-state index in [0.29, 0.717) is 17.6 Å². The van der Waals surface area contributed by atoms with Crippen LogP contribution in [0.5, 0.6) is 5.75 Å². The third kappa shape index (κ3) is 3.55. The first-order valence-electron chi connectivity index (χ1n) is 9.73. The molecule has 0 atom stereocenters. The van der Waals surface area contributed by atoms with Gasteiger partial charge in [0.25, 0.3) is 11.6 Å². The maximum Gasteiger partial charge on any atom is 0.310 e. The average molecular weight is 388 g/mol. The summed E-state index contributed by atoms with van der Waals surface area (Å²) in [4.78, 5) is 35.4. The van der Waals surface area contributed by atoms with Gasteiger partial charge in [-0.25, -0.2) is 0 Å². The van der Waals surface area contributed by atoms with Gasteiger partial charge in [0.2, 0.25) is 0 Å². The molecule has 1 N–H and O–H groups in total. The molecule has 0 heterocycles. The van der Waals surface area contributed by atoms with E-state index in [2.05, 4.69) is 5.32 Å². The van der Waals surface area contributed by atoms with Crippen LogP contribution < -0.4 is 10.1 Å². The highest BCUT2D eigenvalue weighted by Crippen LogP contribution is 2.56. The summed E-state index contributed by atoms with van der Waals surface area (Å²) < 4.78 is 10.3. The number of nitrogens with zero attached hydrogens (tertiary/aromatic N) is 1. The number of nitro groups is 1. The summed E-state index contributed by atoms with van der Waals surface area (Å²) in [6.07, 6.45) is 5.68. The number of esters is 1. The monoisotopic (exact) mass is 388 g/mol. The van der Waals surface area contributed by atoms with Crippen molar-refractivity contribution >= 4 is 23.3 Å². The van der Waals surface area contributed by atoms with E-state index >= 15 is 0 Å². The molecule has 150 valence electrons. The second kappa shape index (κ2) is 7.41. The minimum atomic E-state index is -0.599. The normalized spacial score (nSPS) is 30.0. The summed E-state index contributed by atoms with van der Waals surface area (Å²) in [5.74, 6) is 1.60. The van der Waals surface area contributed by atoms with Gasteiger partial charge < -0.3 is 14.8 Å². The number of hydrogen-bond acceptors (Lipinski definition) is 6. The minimum Gasteiger partial charge on any atom is -0.496 e. The Balaban J connectivity index is 1.35. The highest BCUT2D eigenvalue weighted by atomic mass is 16.6. The molecular weight excluding hydrogens is 364 g/mol. The number of nitro benzene ring substituents is 1. The zero-order valence-electron chi connectivity index (χ0n) is 15.8. The topological polar surface area (TPSA) is 108 Å². The van der Waals surface area contributed by atoms with Crippen LogP contribution in [0.1, 0.15) is 32.1 Å². The van der Waals surface area contributed by atoms with Crippen LogP contribution in [0.15, 0.2) is 18.2 Å². The first kappa shape index (κ1) is 18.7. The Bertz CT molecular complexity index is 780. The van der Waals surface area contributed by atoms with Crippen molar-refractivity contribution in [3.8, 4) is 5.75 Å². The highest BCUT2D eigenvalue weighted by molar-refractivity contribution is 5.95. The third-order valence-electron chi connectivity index (χ3n) is 6.52. The van der Waals surface area contributed by atoms with Crippen molar-refractivity contribution in [2.45, 2.75) is 32.1 Å². The van der Waals surface area contributed by atoms with Gasteiger partial charge >= 0.3 is 5.97 Å². The van der Waals surface area contributed by atoms with E-state index in [0.717, 1.165) is 37.5 Å². The summed E-state index contributed by atoms with van der Waals surface area (Å²) in [6, 6.07) is 4.15. The molecule has 1 aromatic rings.